The van der Waals surface area contributed by atoms with Crippen molar-refractivity contribution in [3.8, 4) is 6.07 Å². The molecule has 1 aliphatic heterocycles. The normalized spacial score (nSPS) is 15.8. The molecule has 0 saturated carbocycles. The van der Waals surface area contributed by atoms with Crippen LogP contribution in [-0.4, -0.2) is 28.7 Å². The first kappa shape index (κ1) is 25.7. The van der Waals surface area contributed by atoms with E-state index in [9.17, 15) is 0 Å². The summed E-state index contributed by atoms with van der Waals surface area (Å²) in [6, 6.07) is 13.8. The second-order valence-electron chi connectivity index (χ2n) is 8.95. The molecule has 1 N–H and O–H groups in total. The molecule has 5 nitrogen and oxygen atoms in total. The summed E-state index contributed by atoms with van der Waals surface area (Å²) < 4.78 is 0. The van der Waals surface area contributed by atoms with Gasteiger partial charge >= 0.3 is 0 Å². The highest BCUT2D eigenvalue weighted by atomic mass is 15.1. The molecule has 1 aliphatic rings. The van der Waals surface area contributed by atoms with Gasteiger partial charge in [-0.3, -0.25) is 9.98 Å². The number of benzene rings is 1. The molecule has 1 fully saturated rings. The Morgan fingerprint density at radius 3 is 2.51 bits per heavy atom. The number of aromatic nitrogens is 1. The molecule has 0 atom stereocenters. The van der Waals surface area contributed by atoms with E-state index in [1.807, 2.05) is 56.5 Å². The minimum absolute atomic E-state index is 0.364. The first-order chi connectivity index (χ1) is 16.9. The largest absolute Gasteiger partial charge is 0.384 e. The number of piperidine rings is 1. The predicted octanol–water partition coefficient (Wildman–Crippen LogP) is 6.25. The van der Waals surface area contributed by atoms with Crippen molar-refractivity contribution in [3.05, 3.63) is 108 Å². The second-order valence-corrected chi connectivity index (χ2v) is 8.95. The second kappa shape index (κ2) is 12.5. The van der Waals surface area contributed by atoms with Gasteiger partial charge in [0.25, 0.3) is 0 Å². The molecule has 0 radical (unpaired) electrons. The Bertz CT molecular complexity index is 1160. The van der Waals surface area contributed by atoms with Crippen molar-refractivity contribution in [1.29, 1.82) is 5.26 Å². The van der Waals surface area contributed by atoms with E-state index < -0.39 is 0 Å². The zero-order valence-electron chi connectivity index (χ0n) is 21.1. The van der Waals surface area contributed by atoms with Crippen LogP contribution in [0.2, 0.25) is 0 Å². The van der Waals surface area contributed by atoms with Crippen molar-refractivity contribution in [1.82, 2.24) is 15.2 Å². The lowest BCUT2D eigenvalue weighted by molar-refractivity contribution is 0.296. The molecule has 1 aromatic carbocycles. The molecule has 2 heterocycles. The SMILES string of the molecule is C=C/C(C)=C(C)/N=C(\C=C(/C)NCc1cccnc1)C1CCN(C(=C)c2ccc(C#N)cc2)CC1. The molecular formula is C30H35N5. The number of nitrogens with one attached hydrogen (secondary N) is 1. The number of hydrogen-bond acceptors (Lipinski definition) is 5. The lowest BCUT2D eigenvalue weighted by Crippen LogP contribution is -2.35. The Kier molecular flexibility index (Phi) is 9.20. The van der Waals surface area contributed by atoms with Gasteiger partial charge in [-0.05, 0) is 74.6 Å². The standard InChI is InChI=1S/C30H35N5/c1-6-22(2)24(4)34-30(18-23(3)33-21-27-8-7-15-32-20-27)29-13-16-35(17-14-29)25(5)28-11-9-26(19-31)10-12-28/h6-12,15,18,20,29,33H,1,5,13-14,16-17,21H2,2-4H3/b23-18+,24-22+,34-30+. The van der Waals surface area contributed by atoms with Gasteiger partial charge in [-0.25, -0.2) is 0 Å². The maximum atomic E-state index is 9.05. The summed E-state index contributed by atoms with van der Waals surface area (Å²) >= 11 is 0. The third-order valence-electron chi connectivity index (χ3n) is 6.47. The average Bonchev–Trinajstić information content (AvgIpc) is 2.91. The number of hydrogen-bond donors (Lipinski definition) is 1. The summed E-state index contributed by atoms with van der Waals surface area (Å²) in [6.07, 6.45) is 9.72. The van der Waals surface area contributed by atoms with E-state index in [1.54, 1.807) is 6.20 Å². The Morgan fingerprint density at radius 2 is 1.91 bits per heavy atom. The van der Waals surface area contributed by atoms with Crippen LogP contribution in [0.1, 0.15) is 50.3 Å². The van der Waals surface area contributed by atoms with Gasteiger partial charge in [0, 0.05) is 60.7 Å². The fraction of sp³-hybridized carbons (Fsp3) is 0.300. The van der Waals surface area contributed by atoms with Crippen LogP contribution in [0, 0.1) is 17.2 Å². The van der Waals surface area contributed by atoms with Gasteiger partial charge in [0.15, 0.2) is 0 Å². The monoisotopic (exact) mass is 465 g/mol. The summed E-state index contributed by atoms with van der Waals surface area (Å²) in [7, 11) is 0. The molecule has 1 aromatic heterocycles. The molecule has 5 heteroatoms. The fourth-order valence-electron chi connectivity index (χ4n) is 4.05. The minimum atomic E-state index is 0.364. The highest BCUT2D eigenvalue weighted by Gasteiger charge is 2.24. The molecule has 0 aliphatic carbocycles. The van der Waals surface area contributed by atoms with Crippen molar-refractivity contribution in [3.63, 3.8) is 0 Å². The fourth-order valence-corrected chi connectivity index (χ4v) is 4.05. The van der Waals surface area contributed by atoms with Crippen molar-refractivity contribution >= 4 is 11.4 Å². The number of likely N-dealkylation sites (tertiary alicyclic amines) is 1. The van der Waals surface area contributed by atoms with E-state index in [0.29, 0.717) is 11.5 Å². The highest BCUT2D eigenvalue weighted by Crippen LogP contribution is 2.27. The minimum Gasteiger partial charge on any atom is -0.384 e. The van der Waals surface area contributed by atoms with Gasteiger partial charge in [0.1, 0.15) is 0 Å². The zero-order chi connectivity index (χ0) is 25.2. The van der Waals surface area contributed by atoms with Crippen LogP contribution < -0.4 is 5.32 Å². The van der Waals surface area contributed by atoms with E-state index in [-0.39, 0.29) is 0 Å². The average molecular weight is 466 g/mol. The van der Waals surface area contributed by atoms with Gasteiger partial charge in [-0.1, -0.05) is 37.4 Å². The quantitative estimate of drug-likeness (QED) is 0.351. The third kappa shape index (κ3) is 7.28. The highest BCUT2D eigenvalue weighted by molar-refractivity contribution is 5.98. The van der Waals surface area contributed by atoms with Crippen LogP contribution in [0.3, 0.4) is 0 Å². The van der Waals surface area contributed by atoms with Crippen molar-refractivity contribution < 1.29 is 0 Å². The van der Waals surface area contributed by atoms with Crippen LogP contribution in [-0.2, 0) is 6.54 Å². The molecule has 1 saturated heterocycles. The Morgan fingerprint density at radius 1 is 1.20 bits per heavy atom. The van der Waals surface area contributed by atoms with Crippen molar-refractivity contribution in [2.45, 2.75) is 40.2 Å². The zero-order valence-corrected chi connectivity index (χ0v) is 21.1. The summed E-state index contributed by atoms with van der Waals surface area (Å²) in [6.45, 7) is 17.0. The number of nitrogens with zero attached hydrogens (tertiary/aromatic N) is 4. The first-order valence-electron chi connectivity index (χ1n) is 12.0. The Labute approximate surface area is 209 Å². The molecule has 0 bridgehead atoms. The molecular weight excluding hydrogens is 430 g/mol. The topological polar surface area (TPSA) is 64.3 Å². The summed E-state index contributed by atoms with van der Waals surface area (Å²) in [5.41, 5.74) is 8.15. The molecule has 0 unspecified atom stereocenters. The number of aliphatic imine (C=N–C) groups is 1. The summed E-state index contributed by atoms with van der Waals surface area (Å²) in [5.74, 6) is 0.364. The van der Waals surface area contributed by atoms with Gasteiger partial charge in [0.05, 0.1) is 11.6 Å². The molecule has 180 valence electrons. The molecule has 2 aromatic rings. The maximum absolute atomic E-state index is 9.05. The smallest absolute Gasteiger partial charge is 0.0991 e. The Balaban J connectivity index is 1.72. The van der Waals surface area contributed by atoms with E-state index in [2.05, 4.69) is 53.5 Å². The van der Waals surface area contributed by atoms with Crippen LogP contribution in [0.4, 0.5) is 0 Å². The van der Waals surface area contributed by atoms with Crippen molar-refractivity contribution in [2.75, 3.05) is 13.1 Å². The molecule has 3 rings (SSSR count). The molecule has 35 heavy (non-hydrogen) atoms. The van der Waals surface area contributed by atoms with Gasteiger partial charge in [-0.2, -0.15) is 5.26 Å². The van der Waals surface area contributed by atoms with Crippen LogP contribution in [0.15, 0.2) is 96.1 Å². The number of rotatable bonds is 9. The number of pyridine rings is 1. The van der Waals surface area contributed by atoms with Gasteiger partial charge in [0.2, 0.25) is 0 Å². The van der Waals surface area contributed by atoms with Gasteiger partial charge < -0.3 is 10.2 Å². The lowest BCUT2D eigenvalue weighted by atomic mass is 9.90. The van der Waals surface area contributed by atoms with E-state index >= 15 is 0 Å². The lowest BCUT2D eigenvalue weighted by Gasteiger charge is -2.35. The summed E-state index contributed by atoms with van der Waals surface area (Å²) in [5, 5.41) is 12.5. The van der Waals surface area contributed by atoms with E-state index in [1.165, 1.54) is 0 Å². The number of allylic oxidation sites excluding steroid dienone is 5. The van der Waals surface area contributed by atoms with Crippen LogP contribution in [0.5, 0.6) is 0 Å². The Hall–Kier alpha value is -3.91. The maximum Gasteiger partial charge on any atom is 0.0991 e. The van der Waals surface area contributed by atoms with E-state index in [4.69, 9.17) is 10.3 Å². The summed E-state index contributed by atoms with van der Waals surface area (Å²) in [4.78, 5) is 11.6. The van der Waals surface area contributed by atoms with Gasteiger partial charge in [-0.15, -0.1) is 0 Å². The van der Waals surface area contributed by atoms with Crippen LogP contribution in [0.25, 0.3) is 5.70 Å². The van der Waals surface area contributed by atoms with Crippen LogP contribution >= 0.6 is 0 Å². The molecule has 0 spiro atoms. The first-order valence-corrected chi connectivity index (χ1v) is 12.0. The third-order valence-corrected chi connectivity index (χ3v) is 6.47. The molecule has 0 amide bonds. The predicted molar refractivity (Wildman–Crippen MR) is 145 cm³/mol. The van der Waals surface area contributed by atoms with E-state index in [0.717, 1.165) is 72.0 Å². The number of nitriles is 1. The van der Waals surface area contributed by atoms with Crippen molar-refractivity contribution in [2.24, 2.45) is 10.9 Å².